The van der Waals surface area contributed by atoms with Crippen molar-refractivity contribution in [2.24, 2.45) is 0 Å². The topological polar surface area (TPSA) is 49.9 Å². The van der Waals surface area contributed by atoms with Gasteiger partial charge in [0.25, 0.3) is 0 Å². The number of hydrogen-bond donors (Lipinski definition) is 2. The first-order chi connectivity index (χ1) is 9.19. The molecular formula is C16H14N2S. The zero-order valence-corrected chi connectivity index (χ0v) is 11.4. The molecule has 0 saturated heterocycles. The number of thiophene rings is 1. The highest BCUT2D eigenvalue weighted by Crippen LogP contribution is 2.37. The van der Waals surface area contributed by atoms with E-state index in [1.807, 2.05) is 25.1 Å². The SMILES string of the molecule is Cc1cc(C=N)c(N)c(-c2cc3ccccc3s2)c1. The Morgan fingerprint density at radius 1 is 1.16 bits per heavy atom. The highest BCUT2D eigenvalue weighted by atomic mass is 32.1. The van der Waals surface area contributed by atoms with Crippen molar-refractivity contribution in [3.05, 3.63) is 53.6 Å². The van der Waals surface area contributed by atoms with Crippen molar-refractivity contribution in [3.8, 4) is 10.4 Å². The zero-order chi connectivity index (χ0) is 13.4. The number of rotatable bonds is 2. The lowest BCUT2D eigenvalue weighted by atomic mass is 10.0. The van der Waals surface area contributed by atoms with Gasteiger partial charge < -0.3 is 11.1 Å². The van der Waals surface area contributed by atoms with Crippen LogP contribution < -0.4 is 5.73 Å². The Morgan fingerprint density at radius 3 is 2.68 bits per heavy atom. The Hall–Kier alpha value is -2.13. The van der Waals surface area contributed by atoms with E-state index >= 15 is 0 Å². The first kappa shape index (κ1) is 11.9. The second kappa shape index (κ2) is 4.52. The number of aryl methyl sites for hydroxylation is 1. The van der Waals surface area contributed by atoms with Crippen LogP contribution in [0.25, 0.3) is 20.5 Å². The average molecular weight is 266 g/mol. The van der Waals surface area contributed by atoms with Crippen LogP contribution in [0.2, 0.25) is 0 Å². The van der Waals surface area contributed by atoms with Crippen molar-refractivity contribution in [2.75, 3.05) is 5.73 Å². The maximum atomic E-state index is 7.45. The van der Waals surface area contributed by atoms with Crippen LogP contribution in [0.3, 0.4) is 0 Å². The van der Waals surface area contributed by atoms with Gasteiger partial charge in [-0.3, -0.25) is 0 Å². The van der Waals surface area contributed by atoms with E-state index in [2.05, 4.69) is 24.3 Å². The molecule has 0 spiro atoms. The lowest BCUT2D eigenvalue weighted by Crippen LogP contribution is -1.96. The highest BCUT2D eigenvalue weighted by Gasteiger charge is 2.10. The Bertz CT molecular complexity index is 739. The van der Waals surface area contributed by atoms with Gasteiger partial charge in [0.1, 0.15) is 0 Å². The smallest absolute Gasteiger partial charge is 0.0491 e. The van der Waals surface area contributed by atoms with Crippen molar-refractivity contribution in [2.45, 2.75) is 6.92 Å². The molecule has 3 aromatic rings. The second-order valence-corrected chi connectivity index (χ2v) is 5.69. The summed E-state index contributed by atoms with van der Waals surface area (Å²) in [5, 5.41) is 8.68. The van der Waals surface area contributed by atoms with Crippen LogP contribution in [0.4, 0.5) is 5.69 Å². The molecule has 3 heteroatoms. The maximum absolute atomic E-state index is 7.45. The van der Waals surface area contributed by atoms with Gasteiger partial charge >= 0.3 is 0 Å². The normalized spacial score (nSPS) is 10.8. The summed E-state index contributed by atoms with van der Waals surface area (Å²) in [6.45, 7) is 2.03. The molecule has 2 nitrogen and oxygen atoms in total. The quantitative estimate of drug-likeness (QED) is 0.522. The van der Waals surface area contributed by atoms with Crippen LogP contribution in [0, 0.1) is 12.3 Å². The van der Waals surface area contributed by atoms with Crippen molar-refractivity contribution >= 4 is 33.3 Å². The maximum Gasteiger partial charge on any atom is 0.0491 e. The van der Waals surface area contributed by atoms with E-state index in [9.17, 15) is 0 Å². The molecule has 2 aromatic carbocycles. The first-order valence-electron chi connectivity index (χ1n) is 6.08. The monoisotopic (exact) mass is 266 g/mol. The van der Waals surface area contributed by atoms with Gasteiger partial charge in [-0.2, -0.15) is 0 Å². The summed E-state index contributed by atoms with van der Waals surface area (Å²) in [6.07, 6.45) is 1.32. The predicted molar refractivity (Wildman–Crippen MR) is 84.3 cm³/mol. The van der Waals surface area contributed by atoms with Crippen LogP contribution in [0.15, 0.2) is 42.5 Å². The van der Waals surface area contributed by atoms with E-state index < -0.39 is 0 Å². The molecule has 0 unspecified atom stereocenters. The molecule has 0 bridgehead atoms. The van der Waals surface area contributed by atoms with Crippen LogP contribution >= 0.6 is 11.3 Å². The minimum Gasteiger partial charge on any atom is -0.398 e. The number of hydrogen-bond acceptors (Lipinski definition) is 3. The van der Waals surface area contributed by atoms with E-state index in [-0.39, 0.29) is 0 Å². The van der Waals surface area contributed by atoms with Crippen molar-refractivity contribution < 1.29 is 0 Å². The third-order valence-electron chi connectivity index (χ3n) is 3.20. The minimum atomic E-state index is 0.687. The Morgan fingerprint density at radius 2 is 1.95 bits per heavy atom. The van der Waals surface area contributed by atoms with E-state index in [0.717, 1.165) is 21.6 Å². The first-order valence-corrected chi connectivity index (χ1v) is 6.90. The van der Waals surface area contributed by atoms with Gasteiger partial charge in [0, 0.05) is 32.6 Å². The van der Waals surface area contributed by atoms with Crippen LogP contribution in [0.1, 0.15) is 11.1 Å². The van der Waals surface area contributed by atoms with E-state index in [4.69, 9.17) is 11.1 Å². The van der Waals surface area contributed by atoms with Gasteiger partial charge in [0.15, 0.2) is 0 Å². The fourth-order valence-corrected chi connectivity index (χ4v) is 3.36. The van der Waals surface area contributed by atoms with Gasteiger partial charge in [0.2, 0.25) is 0 Å². The summed E-state index contributed by atoms with van der Waals surface area (Å²) in [5.74, 6) is 0. The highest BCUT2D eigenvalue weighted by molar-refractivity contribution is 7.22. The second-order valence-electron chi connectivity index (χ2n) is 4.61. The fraction of sp³-hybridized carbons (Fsp3) is 0.0625. The fourth-order valence-electron chi connectivity index (χ4n) is 2.26. The molecule has 0 amide bonds. The molecule has 0 radical (unpaired) electrons. The molecule has 19 heavy (non-hydrogen) atoms. The van der Waals surface area contributed by atoms with Gasteiger partial charge in [-0.15, -0.1) is 11.3 Å². The molecule has 1 heterocycles. The van der Waals surface area contributed by atoms with Crippen LogP contribution in [-0.2, 0) is 0 Å². The van der Waals surface area contributed by atoms with E-state index in [1.54, 1.807) is 11.3 Å². The van der Waals surface area contributed by atoms with E-state index in [0.29, 0.717) is 5.69 Å². The van der Waals surface area contributed by atoms with Crippen LogP contribution in [-0.4, -0.2) is 6.21 Å². The van der Waals surface area contributed by atoms with Crippen molar-refractivity contribution in [1.82, 2.24) is 0 Å². The molecule has 0 fully saturated rings. The summed E-state index contributed by atoms with van der Waals surface area (Å²) < 4.78 is 1.26. The summed E-state index contributed by atoms with van der Waals surface area (Å²) >= 11 is 1.74. The minimum absolute atomic E-state index is 0.687. The number of benzene rings is 2. The van der Waals surface area contributed by atoms with Gasteiger partial charge in [-0.25, -0.2) is 0 Å². The number of anilines is 1. The molecule has 1 aromatic heterocycles. The number of nitrogen functional groups attached to an aromatic ring is 1. The van der Waals surface area contributed by atoms with Crippen molar-refractivity contribution in [1.29, 1.82) is 5.41 Å². The Labute approximate surface area is 116 Å². The average Bonchev–Trinajstić information content (AvgIpc) is 2.84. The van der Waals surface area contributed by atoms with Crippen molar-refractivity contribution in [3.63, 3.8) is 0 Å². The number of fused-ring (bicyclic) bond motifs is 1. The predicted octanol–water partition coefficient (Wildman–Crippen LogP) is 4.46. The lowest BCUT2D eigenvalue weighted by molar-refractivity contribution is 1.45. The molecular weight excluding hydrogens is 252 g/mol. The van der Waals surface area contributed by atoms with Gasteiger partial charge in [-0.1, -0.05) is 18.2 Å². The third kappa shape index (κ3) is 2.02. The molecule has 3 N–H and O–H groups in total. The number of nitrogens with two attached hydrogens (primary N) is 1. The Balaban J connectivity index is 2.26. The van der Waals surface area contributed by atoms with Crippen LogP contribution in [0.5, 0.6) is 0 Å². The molecule has 3 rings (SSSR count). The molecule has 0 aliphatic carbocycles. The third-order valence-corrected chi connectivity index (χ3v) is 4.35. The standard InChI is InChI=1S/C16H14N2S/c1-10-6-12(9-17)16(18)13(7-10)15-8-11-4-2-3-5-14(11)19-15/h2-9,17H,18H2,1H3. The summed E-state index contributed by atoms with van der Waals surface area (Å²) in [4.78, 5) is 1.16. The lowest BCUT2D eigenvalue weighted by Gasteiger charge is -2.08. The molecule has 0 saturated carbocycles. The van der Waals surface area contributed by atoms with E-state index in [1.165, 1.54) is 16.3 Å². The molecule has 94 valence electrons. The van der Waals surface area contributed by atoms with Gasteiger partial charge in [-0.05, 0) is 42.1 Å². The Kier molecular flexibility index (Phi) is 2.84. The molecule has 0 atom stereocenters. The largest absolute Gasteiger partial charge is 0.398 e. The molecule has 0 aliphatic heterocycles. The summed E-state index contributed by atoms with van der Waals surface area (Å²) in [7, 11) is 0. The molecule has 0 aliphatic rings. The zero-order valence-electron chi connectivity index (χ0n) is 10.6. The summed E-state index contributed by atoms with van der Waals surface area (Å²) in [6, 6.07) is 14.5. The van der Waals surface area contributed by atoms with Gasteiger partial charge in [0.05, 0.1) is 0 Å². The summed E-state index contributed by atoms with van der Waals surface area (Å²) in [5.41, 5.74) is 9.80. The number of nitrogens with one attached hydrogen (secondary N) is 1.